The molecule has 0 spiro atoms. The zero-order chi connectivity index (χ0) is 41.5. The van der Waals surface area contributed by atoms with E-state index in [9.17, 15) is 34.8 Å². The van der Waals surface area contributed by atoms with Gasteiger partial charge in [-0.2, -0.15) is 0 Å². The fourth-order valence-corrected chi connectivity index (χ4v) is 9.55. The molecule has 0 aromatic carbocycles. The first-order chi connectivity index (χ1) is 26.5. The van der Waals surface area contributed by atoms with Crippen LogP contribution in [-0.2, 0) is 38.1 Å². The number of allylic oxidation sites excluding steroid dienone is 3. The van der Waals surface area contributed by atoms with Crippen LogP contribution in [-0.4, -0.2) is 132 Å². The summed E-state index contributed by atoms with van der Waals surface area (Å²) >= 11 is 0. The van der Waals surface area contributed by atoms with E-state index in [4.69, 9.17) is 23.7 Å². The molecule has 320 valence electrons. The van der Waals surface area contributed by atoms with Crippen molar-refractivity contribution in [1.29, 1.82) is 0 Å². The summed E-state index contributed by atoms with van der Waals surface area (Å²) in [6.45, 7) is 11.5. The number of methoxy groups -OCH3 is 3. The van der Waals surface area contributed by atoms with Gasteiger partial charge in [-0.1, -0.05) is 51.8 Å². The van der Waals surface area contributed by atoms with Crippen molar-refractivity contribution in [3.05, 3.63) is 23.3 Å². The first-order valence-corrected chi connectivity index (χ1v) is 20.9. The van der Waals surface area contributed by atoms with Crippen LogP contribution in [0.2, 0.25) is 0 Å². The van der Waals surface area contributed by atoms with Crippen molar-refractivity contribution in [2.45, 2.75) is 173 Å². The van der Waals surface area contributed by atoms with Gasteiger partial charge < -0.3 is 44.1 Å². The number of nitrogens with zero attached hydrogens (tertiary/aromatic N) is 1. The Kier molecular flexibility index (Phi) is 17.3. The minimum Gasteiger partial charge on any atom is -0.456 e. The van der Waals surface area contributed by atoms with Gasteiger partial charge in [0.25, 0.3) is 0 Å². The number of rotatable bonds is 6. The van der Waals surface area contributed by atoms with Crippen molar-refractivity contribution in [3.63, 3.8) is 0 Å². The Balaban J connectivity index is 1.76. The van der Waals surface area contributed by atoms with Gasteiger partial charge in [0.1, 0.15) is 24.0 Å². The van der Waals surface area contributed by atoms with Gasteiger partial charge in [0.2, 0.25) is 11.6 Å². The number of hydrogen-bond donors (Lipinski definition) is 4. The molecule has 13 nitrogen and oxygen atoms in total. The molecule has 3 aliphatic heterocycles. The van der Waals surface area contributed by atoms with Gasteiger partial charge in [-0.3, -0.25) is 19.3 Å². The highest BCUT2D eigenvalue weighted by molar-refractivity contribution is 5.90. The van der Waals surface area contributed by atoms with E-state index in [0.29, 0.717) is 63.4 Å². The van der Waals surface area contributed by atoms with Gasteiger partial charge in [0, 0.05) is 52.0 Å². The summed E-state index contributed by atoms with van der Waals surface area (Å²) in [6.07, 6.45) is 2.32. The molecular formula is C43H71NO12. The van der Waals surface area contributed by atoms with E-state index in [1.807, 2.05) is 32.9 Å². The van der Waals surface area contributed by atoms with Crippen LogP contribution in [0.3, 0.4) is 0 Å². The normalized spacial score (nSPS) is 43.2. The fraction of sp³-hybridized carbons (Fsp3) is 0.837. The number of fused-ring (bicyclic) bond motifs is 3. The highest BCUT2D eigenvalue weighted by atomic mass is 16.7. The molecule has 3 fully saturated rings. The van der Waals surface area contributed by atoms with Crippen LogP contribution in [0.1, 0.15) is 112 Å². The quantitative estimate of drug-likeness (QED) is 0.222. The lowest BCUT2D eigenvalue weighted by Crippen LogP contribution is -2.65. The van der Waals surface area contributed by atoms with E-state index in [0.717, 1.165) is 5.57 Å². The Morgan fingerprint density at radius 3 is 2.21 bits per heavy atom. The number of cyclic esters (lactones) is 1. The Hall–Kier alpha value is -2.07. The van der Waals surface area contributed by atoms with Crippen LogP contribution in [0, 0.1) is 29.6 Å². The number of piperidine rings is 1. The van der Waals surface area contributed by atoms with Crippen LogP contribution in [0.15, 0.2) is 23.3 Å². The monoisotopic (exact) mass is 793 g/mol. The second-order valence-corrected chi connectivity index (χ2v) is 17.3. The minimum absolute atomic E-state index is 0.0150. The molecule has 1 aliphatic carbocycles. The first kappa shape index (κ1) is 46.6. The Morgan fingerprint density at radius 1 is 0.911 bits per heavy atom. The summed E-state index contributed by atoms with van der Waals surface area (Å²) in [6, 6.07) is -1.03. The molecule has 0 radical (unpaired) electrons. The fourth-order valence-electron chi connectivity index (χ4n) is 9.55. The molecule has 0 aromatic heterocycles. The highest BCUT2D eigenvalue weighted by Gasteiger charge is 2.56. The molecule has 4 rings (SSSR count). The first-order valence-electron chi connectivity index (χ1n) is 20.9. The molecule has 0 aromatic rings. The lowest BCUT2D eigenvalue weighted by Gasteiger charge is -2.48. The molecule has 15 atom stereocenters. The van der Waals surface area contributed by atoms with Crippen LogP contribution >= 0.6 is 0 Å². The topological polar surface area (TPSA) is 182 Å². The molecule has 4 N–H and O–H groups in total. The van der Waals surface area contributed by atoms with E-state index < -0.39 is 84.2 Å². The maximum Gasteiger partial charge on any atom is 0.324 e. The zero-order valence-corrected chi connectivity index (χ0v) is 35.2. The number of aliphatic hydroxyl groups excluding tert-OH is 3. The van der Waals surface area contributed by atoms with Crippen molar-refractivity contribution >= 4 is 17.5 Å². The number of carbonyl (C=O) groups is 3. The summed E-state index contributed by atoms with van der Waals surface area (Å²) in [7, 11) is 4.67. The number of Topliss-reactive ketones (excluding diaryl/α,β-unsaturated/α-hetero) is 2. The number of esters is 1. The average molecular weight is 794 g/mol. The van der Waals surface area contributed by atoms with Crippen LogP contribution in [0.4, 0.5) is 0 Å². The molecule has 2 saturated heterocycles. The SMILES string of the molecule is CCC1/C=C(\C)CC(C)CC(OC)C2OC(O)(C(=O)C(O)N3CCCCC3C(=O)OC(/C(C)=C/C3CCC(O)C(OC)C3)C(C)C(O)CC1=O)C(C)CC2OC. The number of ketones is 2. The van der Waals surface area contributed by atoms with Crippen molar-refractivity contribution in [3.8, 4) is 0 Å². The van der Waals surface area contributed by atoms with Gasteiger partial charge in [0.15, 0.2) is 6.23 Å². The summed E-state index contributed by atoms with van der Waals surface area (Å²) < 4.78 is 29.9. The second kappa shape index (κ2) is 20.8. The number of aliphatic hydroxyl groups is 4. The standard InChI is InChI=1S/C43H71NO12/c1-10-30-18-24(2)17-25(3)19-36(53-8)39-37(54-9)21-27(5)43(51,56-39)40(48)41(49)44-16-12-11-13-31(44)42(50)55-38(28(6)33(46)23-34(30)47)26(4)20-29-14-15-32(45)35(22-29)52-7/h18,20,25,27-33,35-39,41,45-46,49,51H,10-17,19,21-23H2,1-9H3/b24-18+,26-20+. The average Bonchev–Trinajstić information content (AvgIpc) is 3.18. The maximum atomic E-state index is 14.3. The summed E-state index contributed by atoms with van der Waals surface area (Å²) in [4.78, 5) is 43.8. The van der Waals surface area contributed by atoms with Gasteiger partial charge in [-0.05, 0) is 89.0 Å². The van der Waals surface area contributed by atoms with Crippen molar-refractivity contribution in [2.24, 2.45) is 29.6 Å². The summed E-state index contributed by atoms with van der Waals surface area (Å²) in [5.74, 6) is -5.97. The van der Waals surface area contributed by atoms with E-state index in [-0.39, 0.29) is 43.1 Å². The third kappa shape index (κ3) is 10.9. The molecule has 1 saturated carbocycles. The summed E-state index contributed by atoms with van der Waals surface area (Å²) in [5, 5.41) is 45.9. The maximum absolute atomic E-state index is 14.3. The molecule has 3 heterocycles. The predicted molar refractivity (Wildman–Crippen MR) is 209 cm³/mol. The van der Waals surface area contributed by atoms with E-state index in [1.54, 1.807) is 35.2 Å². The molecule has 56 heavy (non-hydrogen) atoms. The molecule has 0 amide bonds. The Bertz CT molecular complexity index is 1390. The molecule has 15 unspecified atom stereocenters. The van der Waals surface area contributed by atoms with E-state index in [1.165, 1.54) is 4.90 Å². The van der Waals surface area contributed by atoms with Crippen molar-refractivity contribution in [1.82, 2.24) is 4.90 Å². The van der Waals surface area contributed by atoms with Crippen LogP contribution in [0.25, 0.3) is 0 Å². The highest BCUT2D eigenvalue weighted by Crippen LogP contribution is 2.40. The smallest absolute Gasteiger partial charge is 0.324 e. The largest absolute Gasteiger partial charge is 0.456 e. The van der Waals surface area contributed by atoms with E-state index >= 15 is 0 Å². The van der Waals surface area contributed by atoms with Gasteiger partial charge in [0.05, 0.1) is 30.5 Å². The number of hydrogen-bond acceptors (Lipinski definition) is 13. The van der Waals surface area contributed by atoms with Crippen LogP contribution < -0.4 is 0 Å². The third-order valence-electron chi connectivity index (χ3n) is 13.1. The van der Waals surface area contributed by atoms with Crippen molar-refractivity contribution in [2.75, 3.05) is 27.9 Å². The Morgan fingerprint density at radius 2 is 1.57 bits per heavy atom. The van der Waals surface area contributed by atoms with E-state index in [2.05, 4.69) is 6.92 Å². The number of carbonyl (C=O) groups excluding carboxylic acids is 3. The van der Waals surface area contributed by atoms with Gasteiger partial charge in [-0.15, -0.1) is 0 Å². The Labute approximate surface area is 334 Å². The zero-order valence-electron chi connectivity index (χ0n) is 35.2. The molecular weight excluding hydrogens is 722 g/mol. The van der Waals surface area contributed by atoms with Gasteiger partial charge >= 0.3 is 5.97 Å². The lowest BCUT2D eigenvalue weighted by atomic mass is 9.81. The second-order valence-electron chi connectivity index (χ2n) is 17.3. The predicted octanol–water partition coefficient (Wildman–Crippen LogP) is 4.26. The minimum atomic E-state index is -2.40. The molecule has 13 heteroatoms. The lowest BCUT2D eigenvalue weighted by molar-refractivity contribution is -0.308. The van der Waals surface area contributed by atoms with Crippen molar-refractivity contribution < 1.29 is 58.5 Å². The molecule has 2 bridgehead atoms. The number of ether oxygens (including phenoxy) is 5. The molecule has 4 aliphatic rings. The van der Waals surface area contributed by atoms with Gasteiger partial charge in [-0.25, -0.2) is 0 Å². The summed E-state index contributed by atoms with van der Waals surface area (Å²) in [5.41, 5.74) is 1.69. The third-order valence-corrected chi connectivity index (χ3v) is 13.1. The van der Waals surface area contributed by atoms with Crippen LogP contribution in [0.5, 0.6) is 0 Å².